The Morgan fingerprint density at radius 3 is 2.36 bits per heavy atom. The molecule has 0 unspecified atom stereocenters. The van der Waals surface area contributed by atoms with Crippen LogP contribution in [0.1, 0.15) is 37.9 Å². The number of nitrogens with one attached hydrogen (secondary N) is 2. The highest BCUT2D eigenvalue weighted by molar-refractivity contribution is 5.88. The van der Waals surface area contributed by atoms with Crippen molar-refractivity contribution in [2.24, 2.45) is 5.41 Å². The minimum atomic E-state index is -4.44. The number of pyridine rings is 1. The van der Waals surface area contributed by atoms with Gasteiger partial charge < -0.3 is 5.32 Å². The van der Waals surface area contributed by atoms with Gasteiger partial charge in [-0.05, 0) is 35.2 Å². The van der Waals surface area contributed by atoms with Crippen molar-refractivity contribution < 1.29 is 18.0 Å². The van der Waals surface area contributed by atoms with Crippen molar-refractivity contribution in [1.82, 2.24) is 10.3 Å². The van der Waals surface area contributed by atoms with Crippen LogP contribution in [0.5, 0.6) is 0 Å². The highest BCUT2D eigenvalue weighted by Crippen LogP contribution is 2.36. The van der Waals surface area contributed by atoms with Gasteiger partial charge in [0.1, 0.15) is 5.82 Å². The zero-order valence-corrected chi connectivity index (χ0v) is 14.2. The highest BCUT2D eigenvalue weighted by Gasteiger charge is 2.33. The molecule has 0 aliphatic rings. The lowest BCUT2D eigenvalue weighted by atomic mass is 9.82. The standard InChI is InChI=1S/C18H20F3N3O/c1-17(2,3)15(12-7-6-8-13(11-12)18(19,20)21)24-16(25)23-14-9-4-5-10-22-14/h4-11,15H,1-3H3,(H2,22,23,24,25)/t15-/m1/s1. The number of anilines is 1. The Kier molecular flexibility index (Phi) is 5.35. The molecule has 25 heavy (non-hydrogen) atoms. The van der Waals surface area contributed by atoms with E-state index < -0.39 is 29.2 Å². The first-order valence-electron chi connectivity index (χ1n) is 7.73. The Hall–Kier alpha value is -2.57. The van der Waals surface area contributed by atoms with E-state index in [9.17, 15) is 18.0 Å². The maximum atomic E-state index is 13.0. The van der Waals surface area contributed by atoms with Crippen molar-refractivity contribution in [1.29, 1.82) is 0 Å². The second kappa shape index (κ2) is 7.13. The Balaban J connectivity index is 2.24. The summed E-state index contributed by atoms with van der Waals surface area (Å²) in [4.78, 5) is 16.2. The minimum absolute atomic E-state index is 0.358. The van der Waals surface area contributed by atoms with Gasteiger partial charge in [-0.2, -0.15) is 13.2 Å². The quantitative estimate of drug-likeness (QED) is 0.817. The molecule has 0 spiro atoms. The topological polar surface area (TPSA) is 54.0 Å². The maximum absolute atomic E-state index is 13.0. The van der Waals surface area contributed by atoms with Gasteiger partial charge >= 0.3 is 12.2 Å². The first-order chi connectivity index (χ1) is 11.6. The number of amides is 2. The average molecular weight is 351 g/mol. The predicted molar refractivity (Wildman–Crippen MR) is 90.0 cm³/mol. The molecule has 2 rings (SSSR count). The summed E-state index contributed by atoms with van der Waals surface area (Å²) in [5.74, 6) is 0.358. The van der Waals surface area contributed by atoms with Crippen LogP contribution >= 0.6 is 0 Å². The zero-order chi connectivity index (χ0) is 18.7. The molecule has 4 nitrogen and oxygen atoms in total. The largest absolute Gasteiger partial charge is 0.416 e. The summed E-state index contributed by atoms with van der Waals surface area (Å²) in [6.45, 7) is 5.54. The molecule has 0 bridgehead atoms. The van der Waals surface area contributed by atoms with E-state index in [4.69, 9.17) is 0 Å². The van der Waals surface area contributed by atoms with Gasteiger partial charge in [0, 0.05) is 6.20 Å². The summed E-state index contributed by atoms with van der Waals surface area (Å²) in [5.41, 5.74) is -0.851. The summed E-state index contributed by atoms with van der Waals surface area (Å²) in [5, 5.41) is 5.32. The summed E-state index contributed by atoms with van der Waals surface area (Å²) in [7, 11) is 0. The van der Waals surface area contributed by atoms with Gasteiger partial charge in [0.25, 0.3) is 0 Å². The van der Waals surface area contributed by atoms with E-state index in [2.05, 4.69) is 15.6 Å². The average Bonchev–Trinajstić information content (AvgIpc) is 2.52. The minimum Gasteiger partial charge on any atom is -0.330 e. The molecule has 0 radical (unpaired) electrons. The predicted octanol–water partition coefficient (Wildman–Crippen LogP) is 5.01. The van der Waals surface area contributed by atoms with E-state index in [0.29, 0.717) is 11.4 Å². The van der Waals surface area contributed by atoms with Gasteiger partial charge in [-0.25, -0.2) is 9.78 Å². The van der Waals surface area contributed by atoms with Crippen molar-refractivity contribution in [3.63, 3.8) is 0 Å². The Morgan fingerprint density at radius 1 is 1.08 bits per heavy atom. The van der Waals surface area contributed by atoms with Gasteiger partial charge in [-0.3, -0.25) is 5.32 Å². The third-order valence-corrected chi connectivity index (χ3v) is 3.60. The second-order valence-electron chi connectivity index (χ2n) is 6.74. The lowest BCUT2D eigenvalue weighted by Crippen LogP contribution is -2.39. The molecule has 0 aliphatic carbocycles. The second-order valence-corrected chi connectivity index (χ2v) is 6.74. The monoisotopic (exact) mass is 351 g/mol. The molecule has 1 heterocycles. The van der Waals surface area contributed by atoms with Gasteiger partial charge in [-0.15, -0.1) is 0 Å². The number of hydrogen-bond donors (Lipinski definition) is 2. The third kappa shape index (κ3) is 5.20. The number of alkyl halides is 3. The summed E-state index contributed by atoms with van der Waals surface area (Å²) in [6.07, 6.45) is -2.90. The van der Waals surface area contributed by atoms with E-state index >= 15 is 0 Å². The van der Waals surface area contributed by atoms with Gasteiger partial charge in [0.2, 0.25) is 0 Å². The molecule has 7 heteroatoms. The Morgan fingerprint density at radius 2 is 1.80 bits per heavy atom. The number of nitrogens with zero attached hydrogens (tertiary/aromatic N) is 1. The number of aromatic nitrogens is 1. The highest BCUT2D eigenvalue weighted by atomic mass is 19.4. The molecule has 2 aromatic rings. The lowest BCUT2D eigenvalue weighted by Gasteiger charge is -2.32. The number of carbonyl (C=O) groups is 1. The number of halogens is 3. The first kappa shape index (κ1) is 18.8. The van der Waals surface area contributed by atoms with Crippen molar-refractivity contribution in [2.45, 2.75) is 33.0 Å². The van der Waals surface area contributed by atoms with Crippen LogP contribution in [0, 0.1) is 5.41 Å². The normalized spacial score (nSPS) is 13.2. The van der Waals surface area contributed by atoms with E-state index in [1.165, 1.54) is 12.3 Å². The van der Waals surface area contributed by atoms with Crippen LogP contribution in [0.25, 0.3) is 0 Å². The molecule has 2 N–H and O–H groups in total. The molecule has 0 fully saturated rings. The van der Waals surface area contributed by atoms with Gasteiger partial charge in [0.05, 0.1) is 11.6 Å². The summed E-state index contributed by atoms with van der Waals surface area (Å²) < 4.78 is 38.9. The first-order valence-corrected chi connectivity index (χ1v) is 7.73. The maximum Gasteiger partial charge on any atom is 0.416 e. The van der Waals surface area contributed by atoms with Crippen LogP contribution in [0.4, 0.5) is 23.8 Å². The van der Waals surface area contributed by atoms with Crippen molar-refractivity contribution in [3.05, 3.63) is 59.8 Å². The summed E-state index contributed by atoms with van der Waals surface area (Å²) in [6, 6.07) is 8.90. The van der Waals surface area contributed by atoms with E-state index in [-0.39, 0.29) is 0 Å². The van der Waals surface area contributed by atoms with E-state index in [0.717, 1.165) is 12.1 Å². The molecule has 0 saturated carbocycles. The fraction of sp³-hybridized carbons (Fsp3) is 0.333. The molecule has 0 aliphatic heterocycles. The van der Waals surface area contributed by atoms with Crippen LogP contribution in [0.3, 0.4) is 0 Å². The van der Waals surface area contributed by atoms with Gasteiger partial charge in [-0.1, -0.05) is 39.0 Å². The number of carbonyl (C=O) groups excluding carboxylic acids is 1. The van der Waals surface area contributed by atoms with E-state index in [1.807, 2.05) is 20.8 Å². The molecule has 134 valence electrons. The number of benzene rings is 1. The van der Waals surface area contributed by atoms with Crippen molar-refractivity contribution in [2.75, 3.05) is 5.32 Å². The molecule has 1 aromatic heterocycles. The van der Waals surface area contributed by atoms with Crippen LogP contribution in [-0.4, -0.2) is 11.0 Å². The SMILES string of the molecule is CC(C)(C)[C@H](NC(=O)Nc1ccccn1)c1cccc(C(F)(F)F)c1. The molecule has 1 aromatic carbocycles. The lowest BCUT2D eigenvalue weighted by molar-refractivity contribution is -0.137. The smallest absolute Gasteiger partial charge is 0.330 e. The fourth-order valence-electron chi connectivity index (χ4n) is 2.41. The van der Waals surface area contributed by atoms with Crippen LogP contribution in [0.15, 0.2) is 48.7 Å². The molecule has 0 saturated heterocycles. The zero-order valence-electron chi connectivity index (χ0n) is 14.2. The Labute approximate surface area is 144 Å². The fourth-order valence-corrected chi connectivity index (χ4v) is 2.41. The van der Waals surface area contributed by atoms with Crippen LogP contribution in [-0.2, 0) is 6.18 Å². The Bertz CT molecular complexity index is 724. The number of hydrogen-bond acceptors (Lipinski definition) is 2. The van der Waals surface area contributed by atoms with Gasteiger partial charge in [0.15, 0.2) is 0 Å². The number of urea groups is 1. The summed E-state index contributed by atoms with van der Waals surface area (Å²) >= 11 is 0. The van der Waals surface area contributed by atoms with Crippen LogP contribution in [0.2, 0.25) is 0 Å². The van der Waals surface area contributed by atoms with Crippen molar-refractivity contribution in [3.8, 4) is 0 Å². The molecular formula is C18H20F3N3O. The third-order valence-electron chi connectivity index (χ3n) is 3.60. The number of rotatable bonds is 3. The molecule has 2 amide bonds. The molecular weight excluding hydrogens is 331 g/mol. The molecule has 1 atom stereocenters. The van der Waals surface area contributed by atoms with Crippen LogP contribution < -0.4 is 10.6 Å². The van der Waals surface area contributed by atoms with E-state index in [1.54, 1.807) is 24.3 Å². The van der Waals surface area contributed by atoms with Crippen molar-refractivity contribution >= 4 is 11.8 Å².